The largest absolute Gasteiger partial charge is 0.333 e. The molecule has 0 saturated carbocycles. The smallest absolute Gasteiger partial charge is 0.319 e. The maximum Gasteiger partial charge on any atom is 0.319 e. The average molecular weight is 373 g/mol. The number of nitrogens with zero attached hydrogens (tertiary/aromatic N) is 2. The van der Waals surface area contributed by atoms with E-state index in [-0.39, 0.29) is 6.03 Å². The van der Waals surface area contributed by atoms with E-state index < -0.39 is 0 Å². The molecule has 7 heteroatoms. The molecule has 0 aliphatic heterocycles. The van der Waals surface area contributed by atoms with Gasteiger partial charge in [0.05, 0.1) is 12.2 Å². The third-order valence-electron chi connectivity index (χ3n) is 3.73. The van der Waals surface area contributed by atoms with Gasteiger partial charge in [-0.15, -0.1) is 11.3 Å². The van der Waals surface area contributed by atoms with Crippen molar-refractivity contribution in [1.82, 2.24) is 15.3 Å². The summed E-state index contributed by atoms with van der Waals surface area (Å²) in [6.07, 6.45) is 3.51. The van der Waals surface area contributed by atoms with Crippen molar-refractivity contribution in [2.24, 2.45) is 0 Å². The molecule has 2 aromatic heterocycles. The first-order valence-corrected chi connectivity index (χ1v) is 8.90. The zero-order valence-corrected chi connectivity index (χ0v) is 15.4. The van der Waals surface area contributed by atoms with Crippen LogP contribution in [0.15, 0.2) is 42.7 Å². The monoisotopic (exact) mass is 372 g/mol. The molecule has 3 aromatic rings. The van der Waals surface area contributed by atoms with Crippen molar-refractivity contribution in [2.45, 2.75) is 20.4 Å². The Morgan fingerprint density at radius 2 is 2.08 bits per heavy atom. The van der Waals surface area contributed by atoms with E-state index in [9.17, 15) is 4.79 Å². The van der Waals surface area contributed by atoms with Crippen LogP contribution in [-0.2, 0) is 6.54 Å². The first-order valence-electron chi connectivity index (χ1n) is 7.71. The molecule has 0 atom stereocenters. The van der Waals surface area contributed by atoms with E-state index in [0.717, 1.165) is 26.7 Å². The van der Waals surface area contributed by atoms with Gasteiger partial charge in [0.1, 0.15) is 5.01 Å². The maximum absolute atomic E-state index is 12.1. The number of nitrogens with one attached hydrogen (secondary N) is 2. The molecule has 3 rings (SSSR count). The standard InChI is InChI=1S/C18H17ClN4OS/c1-11-14(19)6-3-7-15(11)23-18(24)21-10-16-12(2)22-17(25-16)13-5-4-8-20-9-13/h3-9H,10H2,1-2H3,(H2,21,23,24). The number of aryl methyl sites for hydroxylation is 1. The highest BCUT2D eigenvalue weighted by molar-refractivity contribution is 7.15. The van der Waals surface area contributed by atoms with Crippen LogP contribution < -0.4 is 10.6 Å². The third kappa shape index (κ3) is 4.15. The number of rotatable bonds is 4. The fraction of sp³-hybridized carbons (Fsp3) is 0.167. The van der Waals surface area contributed by atoms with Gasteiger partial charge in [-0.25, -0.2) is 9.78 Å². The van der Waals surface area contributed by atoms with Crippen molar-refractivity contribution in [1.29, 1.82) is 0 Å². The minimum Gasteiger partial charge on any atom is -0.333 e. The Balaban J connectivity index is 1.65. The summed E-state index contributed by atoms with van der Waals surface area (Å²) < 4.78 is 0. The topological polar surface area (TPSA) is 66.9 Å². The van der Waals surface area contributed by atoms with Crippen molar-refractivity contribution >= 4 is 34.7 Å². The first kappa shape index (κ1) is 17.4. The van der Waals surface area contributed by atoms with E-state index >= 15 is 0 Å². The van der Waals surface area contributed by atoms with Crippen LogP contribution in [0.25, 0.3) is 10.6 Å². The molecule has 0 spiro atoms. The Labute approximate surface area is 155 Å². The molecule has 0 radical (unpaired) electrons. The predicted octanol–water partition coefficient (Wildman–Crippen LogP) is 4.80. The van der Waals surface area contributed by atoms with Gasteiger partial charge in [-0.3, -0.25) is 4.98 Å². The number of carbonyl (C=O) groups excluding carboxylic acids is 1. The number of hydrogen-bond donors (Lipinski definition) is 2. The lowest BCUT2D eigenvalue weighted by molar-refractivity contribution is 0.252. The third-order valence-corrected chi connectivity index (χ3v) is 5.34. The normalized spacial score (nSPS) is 10.5. The van der Waals surface area contributed by atoms with E-state index in [0.29, 0.717) is 17.3 Å². The van der Waals surface area contributed by atoms with Gasteiger partial charge in [-0.1, -0.05) is 17.7 Å². The lowest BCUT2D eigenvalue weighted by atomic mass is 10.2. The molecule has 1 aromatic carbocycles. The number of thiazole rings is 1. The molecule has 5 nitrogen and oxygen atoms in total. The highest BCUT2D eigenvalue weighted by Crippen LogP contribution is 2.27. The quantitative estimate of drug-likeness (QED) is 0.691. The van der Waals surface area contributed by atoms with Crippen LogP contribution in [0.4, 0.5) is 10.5 Å². The second kappa shape index (κ2) is 7.63. The minimum absolute atomic E-state index is 0.277. The summed E-state index contributed by atoms with van der Waals surface area (Å²) in [6.45, 7) is 4.22. The van der Waals surface area contributed by atoms with Gasteiger partial charge in [0.15, 0.2) is 0 Å². The molecule has 2 N–H and O–H groups in total. The van der Waals surface area contributed by atoms with Crippen molar-refractivity contribution in [2.75, 3.05) is 5.32 Å². The van der Waals surface area contributed by atoms with Crippen LogP contribution in [0.2, 0.25) is 5.02 Å². The van der Waals surface area contributed by atoms with Gasteiger partial charge < -0.3 is 10.6 Å². The Morgan fingerprint density at radius 1 is 1.24 bits per heavy atom. The molecule has 0 aliphatic carbocycles. The summed E-state index contributed by atoms with van der Waals surface area (Å²) in [7, 11) is 0. The second-order valence-electron chi connectivity index (χ2n) is 5.49. The summed E-state index contributed by atoms with van der Waals surface area (Å²) >= 11 is 7.62. The van der Waals surface area contributed by atoms with Crippen LogP contribution in [0, 0.1) is 13.8 Å². The molecule has 128 valence electrons. The SMILES string of the molecule is Cc1nc(-c2cccnc2)sc1CNC(=O)Nc1cccc(Cl)c1C. The van der Waals surface area contributed by atoms with E-state index in [4.69, 9.17) is 11.6 Å². The number of amides is 2. The number of aromatic nitrogens is 2. The lowest BCUT2D eigenvalue weighted by Crippen LogP contribution is -2.28. The molecule has 0 aliphatic rings. The molecule has 2 heterocycles. The molecular formula is C18H17ClN4OS. The first-order chi connectivity index (χ1) is 12.0. The summed E-state index contributed by atoms with van der Waals surface area (Å²) in [5.74, 6) is 0. The van der Waals surface area contributed by atoms with Crippen LogP contribution >= 0.6 is 22.9 Å². The predicted molar refractivity (Wildman–Crippen MR) is 102 cm³/mol. The molecule has 0 bridgehead atoms. The summed E-state index contributed by atoms with van der Waals surface area (Å²) in [4.78, 5) is 21.8. The van der Waals surface area contributed by atoms with Gasteiger partial charge in [-0.05, 0) is 43.7 Å². The van der Waals surface area contributed by atoms with Gasteiger partial charge >= 0.3 is 6.03 Å². The lowest BCUT2D eigenvalue weighted by Gasteiger charge is -2.10. The van der Waals surface area contributed by atoms with Gasteiger partial charge in [0.25, 0.3) is 0 Å². The molecule has 25 heavy (non-hydrogen) atoms. The van der Waals surface area contributed by atoms with Gasteiger partial charge in [0, 0.05) is 33.5 Å². The molecular weight excluding hydrogens is 356 g/mol. The van der Waals surface area contributed by atoms with Gasteiger partial charge in [-0.2, -0.15) is 0 Å². The number of anilines is 1. The van der Waals surface area contributed by atoms with Gasteiger partial charge in [0.2, 0.25) is 0 Å². The number of benzene rings is 1. The van der Waals surface area contributed by atoms with E-state index in [1.165, 1.54) is 0 Å². The van der Waals surface area contributed by atoms with E-state index in [2.05, 4.69) is 20.6 Å². The number of urea groups is 1. The summed E-state index contributed by atoms with van der Waals surface area (Å²) in [5.41, 5.74) is 3.41. The molecule has 0 fully saturated rings. The summed E-state index contributed by atoms with van der Waals surface area (Å²) in [6, 6.07) is 8.99. The van der Waals surface area contributed by atoms with Crippen LogP contribution in [0.3, 0.4) is 0 Å². The second-order valence-corrected chi connectivity index (χ2v) is 6.98. The summed E-state index contributed by atoms with van der Waals surface area (Å²) in [5, 5.41) is 7.20. The zero-order chi connectivity index (χ0) is 17.8. The molecule has 0 saturated heterocycles. The van der Waals surface area contributed by atoms with Crippen LogP contribution in [0.5, 0.6) is 0 Å². The van der Waals surface area contributed by atoms with E-state index in [1.807, 2.05) is 32.0 Å². The van der Waals surface area contributed by atoms with Crippen LogP contribution in [-0.4, -0.2) is 16.0 Å². The molecule has 2 amide bonds. The van der Waals surface area contributed by atoms with Crippen molar-refractivity contribution in [3.05, 3.63) is 63.9 Å². The van der Waals surface area contributed by atoms with Crippen molar-refractivity contribution in [3.8, 4) is 10.6 Å². The number of hydrogen-bond acceptors (Lipinski definition) is 4. The molecule has 0 unspecified atom stereocenters. The fourth-order valence-corrected chi connectivity index (χ4v) is 3.44. The average Bonchev–Trinajstić information content (AvgIpc) is 2.99. The number of pyridine rings is 1. The van der Waals surface area contributed by atoms with Crippen LogP contribution in [0.1, 0.15) is 16.1 Å². The zero-order valence-electron chi connectivity index (χ0n) is 13.8. The highest BCUT2D eigenvalue weighted by atomic mass is 35.5. The fourth-order valence-electron chi connectivity index (χ4n) is 2.27. The van der Waals surface area contributed by atoms with Crippen molar-refractivity contribution in [3.63, 3.8) is 0 Å². The van der Waals surface area contributed by atoms with Crippen molar-refractivity contribution < 1.29 is 4.79 Å². The Morgan fingerprint density at radius 3 is 2.84 bits per heavy atom. The number of halogens is 1. The Bertz CT molecular complexity index is 895. The number of carbonyl (C=O) groups is 1. The Kier molecular flexibility index (Phi) is 5.31. The maximum atomic E-state index is 12.1. The minimum atomic E-state index is -0.277. The Hall–Kier alpha value is -2.44. The highest BCUT2D eigenvalue weighted by Gasteiger charge is 2.11. The van der Waals surface area contributed by atoms with E-state index in [1.54, 1.807) is 35.9 Å².